The van der Waals surface area contributed by atoms with E-state index in [1.54, 1.807) is 17.4 Å². The highest BCUT2D eigenvalue weighted by atomic mass is 16.2. The summed E-state index contributed by atoms with van der Waals surface area (Å²) in [4.78, 5) is 18.9. The third-order valence-corrected chi connectivity index (χ3v) is 5.42. The maximum atomic E-state index is 13.1. The molecule has 0 saturated heterocycles. The molecule has 4 rings (SSSR count). The molecule has 0 aliphatic carbocycles. The molecule has 0 aliphatic rings. The zero-order valence-electron chi connectivity index (χ0n) is 17.7. The van der Waals surface area contributed by atoms with E-state index in [0.29, 0.717) is 12.1 Å². The van der Waals surface area contributed by atoms with E-state index in [4.69, 9.17) is 5.10 Å². The lowest BCUT2D eigenvalue weighted by atomic mass is 10.1. The average molecular weight is 399 g/mol. The number of carbonyl (C=O) groups is 1. The highest BCUT2D eigenvalue weighted by Gasteiger charge is 2.19. The Kier molecular flexibility index (Phi) is 5.23. The van der Waals surface area contributed by atoms with Crippen molar-refractivity contribution in [2.24, 2.45) is 0 Å². The number of nitrogens with zero attached hydrogens (tertiary/aromatic N) is 5. The van der Waals surface area contributed by atoms with Crippen LogP contribution < -0.4 is 0 Å². The molecule has 0 fully saturated rings. The van der Waals surface area contributed by atoms with Crippen LogP contribution in [0.1, 0.15) is 32.9 Å². The van der Waals surface area contributed by atoms with Crippen molar-refractivity contribution in [3.05, 3.63) is 95.3 Å². The predicted octanol–water partition coefficient (Wildman–Crippen LogP) is 4.26. The van der Waals surface area contributed by atoms with Gasteiger partial charge in [0.1, 0.15) is 0 Å². The summed E-state index contributed by atoms with van der Waals surface area (Å²) in [5.41, 5.74) is 6.83. The summed E-state index contributed by atoms with van der Waals surface area (Å²) in [6, 6.07) is 15.8. The van der Waals surface area contributed by atoms with Crippen molar-refractivity contribution in [2.75, 3.05) is 7.05 Å². The van der Waals surface area contributed by atoms with Crippen LogP contribution in [0, 0.1) is 20.8 Å². The van der Waals surface area contributed by atoms with E-state index < -0.39 is 0 Å². The van der Waals surface area contributed by atoms with Crippen LogP contribution in [0.5, 0.6) is 0 Å². The second-order valence-electron chi connectivity index (χ2n) is 7.53. The van der Waals surface area contributed by atoms with Crippen molar-refractivity contribution in [3.63, 3.8) is 0 Å². The number of aryl methyl sites for hydroxylation is 2. The Morgan fingerprint density at radius 3 is 2.60 bits per heavy atom. The molecule has 2 heterocycles. The molecular formula is C24H25N5O. The Bertz CT molecular complexity index is 1190. The number of amides is 1. The van der Waals surface area contributed by atoms with Gasteiger partial charge in [-0.25, -0.2) is 9.67 Å². The zero-order valence-corrected chi connectivity index (χ0v) is 17.7. The smallest absolute Gasteiger partial charge is 0.253 e. The van der Waals surface area contributed by atoms with Gasteiger partial charge in [-0.05, 0) is 50.6 Å². The first-order valence-electron chi connectivity index (χ1n) is 9.90. The van der Waals surface area contributed by atoms with Crippen LogP contribution in [0.4, 0.5) is 0 Å². The minimum Gasteiger partial charge on any atom is -0.337 e. The highest BCUT2D eigenvalue weighted by molar-refractivity contribution is 5.94. The van der Waals surface area contributed by atoms with Gasteiger partial charge in [-0.1, -0.05) is 24.3 Å². The minimum absolute atomic E-state index is 0.0283. The lowest BCUT2D eigenvalue weighted by Gasteiger charge is -2.18. The minimum atomic E-state index is -0.0283. The van der Waals surface area contributed by atoms with Gasteiger partial charge < -0.3 is 9.47 Å². The maximum absolute atomic E-state index is 13.1. The largest absolute Gasteiger partial charge is 0.337 e. The highest BCUT2D eigenvalue weighted by Crippen LogP contribution is 2.22. The van der Waals surface area contributed by atoms with E-state index in [0.717, 1.165) is 33.9 Å². The van der Waals surface area contributed by atoms with Crippen molar-refractivity contribution >= 4 is 5.91 Å². The summed E-state index contributed by atoms with van der Waals surface area (Å²) in [5, 5.41) is 4.74. The number of aromatic nitrogens is 4. The first-order valence-corrected chi connectivity index (χ1v) is 9.90. The van der Waals surface area contributed by atoms with Crippen molar-refractivity contribution < 1.29 is 4.79 Å². The van der Waals surface area contributed by atoms with Crippen LogP contribution in [-0.2, 0) is 6.54 Å². The number of rotatable bonds is 5. The van der Waals surface area contributed by atoms with Crippen molar-refractivity contribution in [2.45, 2.75) is 27.3 Å². The first kappa shape index (κ1) is 19.6. The molecule has 0 aliphatic heterocycles. The van der Waals surface area contributed by atoms with Crippen LogP contribution in [-0.4, -0.2) is 37.2 Å². The predicted molar refractivity (Wildman–Crippen MR) is 117 cm³/mol. The molecular weight excluding hydrogens is 374 g/mol. The van der Waals surface area contributed by atoms with Crippen molar-refractivity contribution in [1.29, 1.82) is 0 Å². The second-order valence-corrected chi connectivity index (χ2v) is 7.53. The summed E-state index contributed by atoms with van der Waals surface area (Å²) in [5.74, 6) is -0.0283. The van der Waals surface area contributed by atoms with Gasteiger partial charge in [0.15, 0.2) is 0 Å². The zero-order chi connectivity index (χ0) is 21.3. The number of carbonyl (C=O) groups excluding carboxylic acids is 1. The van der Waals surface area contributed by atoms with E-state index in [-0.39, 0.29) is 5.91 Å². The van der Waals surface area contributed by atoms with Crippen LogP contribution in [0.2, 0.25) is 0 Å². The fraction of sp³-hybridized carbons (Fsp3) is 0.208. The Morgan fingerprint density at radius 1 is 1.07 bits per heavy atom. The van der Waals surface area contributed by atoms with E-state index in [1.807, 2.05) is 65.8 Å². The summed E-state index contributed by atoms with van der Waals surface area (Å²) in [7, 11) is 1.83. The Labute approximate surface area is 176 Å². The molecule has 0 saturated carbocycles. The topological polar surface area (TPSA) is 56.0 Å². The summed E-state index contributed by atoms with van der Waals surface area (Å²) in [6.07, 6.45) is 5.30. The molecule has 152 valence electrons. The van der Waals surface area contributed by atoms with Gasteiger partial charge in [-0.3, -0.25) is 4.79 Å². The molecule has 30 heavy (non-hydrogen) atoms. The maximum Gasteiger partial charge on any atom is 0.253 e. The molecule has 0 bridgehead atoms. The molecule has 6 nitrogen and oxygen atoms in total. The quantitative estimate of drug-likeness (QED) is 0.504. The van der Waals surface area contributed by atoms with Gasteiger partial charge in [0.25, 0.3) is 5.91 Å². The summed E-state index contributed by atoms with van der Waals surface area (Å²) >= 11 is 0. The van der Waals surface area contributed by atoms with Crippen LogP contribution in [0.25, 0.3) is 11.4 Å². The van der Waals surface area contributed by atoms with Gasteiger partial charge >= 0.3 is 0 Å². The molecule has 2 aromatic carbocycles. The number of para-hydroxylation sites is 1. The van der Waals surface area contributed by atoms with Crippen molar-refractivity contribution in [1.82, 2.24) is 24.2 Å². The number of hydrogen-bond donors (Lipinski definition) is 0. The Balaban J connectivity index is 1.59. The standard InChI is InChI=1S/C24H25N5O/c1-17-8-5-6-11-23(17)29-19(3)22(18(2)26-29)15-27(4)24(30)20-9-7-10-21(14-20)28-13-12-25-16-28/h5-14,16H,15H2,1-4H3. The van der Waals surface area contributed by atoms with Gasteiger partial charge in [0.05, 0.1) is 17.7 Å². The lowest BCUT2D eigenvalue weighted by Crippen LogP contribution is -2.26. The first-order chi connectivity index (χ1) is 14.5. The number of imidazole rings is 1. The van der Waals surface area contributed by atoms with Gasteiger partial charge in [0, 0.05) is 48.5 Å². The average Bonchev–Trinajstić information content (AvgIpc) is 3.38. The molecule has 0 radical (unpaired) electrons. The SMILES string of the molecule is Cc1ccccc1-n1nc(C)c(CN(C)C(=O)c2cccc(-n3ccnc3)c2)c1C. The van der Waals surface area contributed by atoms with Gasteiger partial charge in [0.2, 0.25) is 0 Å². The molecule has 4 aromatic rings. The van der Waals surface area contributed by atoms with Gasteiger partial charge in [-0.15, -0.1) is 0 Å². The van der Waals surface area contributed by atoms with Crippen LogP contribution in [0.3, 0.4) is 0 Å². The summed E-state index contributed by atoms with van der Waals surface area (Å²) in [6.45, 7) is 6.63. The molecule has 1 amide bonds. The molecule has 0 atom stereocenters. The molecule has 0 spiro atoms. The summed E-state index contributed by atoms with van der Waals surface area (Å²) < 4.78 is 3.86. The van der Waals surface area contributed by atoms with E-state index in [2.05, 4.69) is 31.0 Å². The van der Waals surface area contributed by atoms with Crippen LogP contribution >= 0.6 is 0 Å². The van der Waals surface area contributed by atoms with E-state index >= 15 is 0 Å². The Morgan fingerprint density at radius 2 is 1.87 bits per heavy atom. The molecule has 2 aromatic heterocycles. The van der Waals surface area contributed by atoms with E-state index in [9.17, 15) is 4.79 Å². The monoisotopic (exact) mass is 399 g/mol. The third kappa shape index (κ3) is 3.64. The fourth-order valence-corrected chi connectivity index (χ4v) is 3.68. The van der Waals surface area contributed by atoms with Crippen molar-refractivity contribution in [3.8, 4) is 11.4 Å². The van der Waals surface area contributed by atoms with E-state index in [1.165, 1.54) is 0 Å². The number of hydrogen-bond acceptors (Lipinski definition) is 3. The molecule has 0 unspecified atom stereocenters. The Hall–Kier alpha value is -3.67. The molecule has 0 N–H and O–H groups in total. The fourth-order valence-electron chi connectivity index (χ4n) is 3.68. The van der Waals surface area contributed by atoms with Gasteiger partial charge in [-0.2, -0.15) is 5.10 Å². The third-order valence-electron chi connectivity index (χ3n) is 5.42. The lowest BCUT2D eigenvalue weighted by molar-refractivity contribution is 0.0784. The normalized spacial score (nSPS) is 10.9. The van der Waals surface area contributed by atoms with Crippen LogP contribution in [0.15, 0.2) is 67.3 Å². The molecule has 6 heteroatoms. The number of benzene rings is 2. The second kappa shape index (κ2) is 7.99.